The molecule has 31 heavy (non-hydrogen) atoms. The summed E-state index contributed by atoms with van der Waals surface area (Å²) in [7, 11) is 0. The summed E-state index contributed by atoms with van der Waals surface area (Å²) < 4.78 is 5.53. The van der Waals surface area contributed by atoms with Crippen LogP contribution in [0.1, 0.15) is 17.3 Å². The number of hydrogen-bond acceptors (Lipinski definition) is 3. The van der Waals surface area contributed by atoms with Gasteiger partial charge in [-0.15, -0.1) is 0 Å². The van der Waals surface area contributed by atoms with E-state index in [4.69, 9.17) is 4.74 Å². The molecule has 0 saturated heterocycles. The third-order valence-corrected chi connectivity index (χ3v) is 4.97. The number of carbonyl (C=O) groups is 2. The summed E-state index contributed by atoms with van der Waals surface area (Å²) >= 11 is 0. The monoisotopic (exact) mass is 408 g/mol. The van der Waals surface area contributed by atoms with Gasteiger partial charge in [0.25, 0.3) is 0 Å². The van der Waals surface area contributed by atoms with Gasteiger partial charge >= 0.3 is 11.9 Å². The largest absolute Gasteiger partial charge is 0.478 e. The summed E-state index contributed by atoms with van der Waals surface area (Å²) in [6.07, 6.45) is 0. The van der Waals surface area contributed by atoms with Gasteiger partial charge in [0.2, 0.25) is 0 Å². The lowest BCUT2D eigenvalue weighted by molar-refractivity contribution is -0.131. The predicted molar refractivity (Wildman–Crippen MR) is 121 cm³/mol. The second-order valence-corrected chi connectivity index (χ2v) is 7.05. The van der Waals surface area contributed by atoms with E-state index in [9.17, 15) is 14.7 Å². The van der Waals surface area contributed by atoms with Gasteiger partial charge in [-0.1, -0.05) is 91.0 Å². The Hall–Kier alpha value is -4.18. The maximum absolute atomic E-state index is 12.2. The molecule has 4 heteroatoms. The second-order valence-electron chi connectivity index (χ2n) is 7.05. The summed E-state index contributed by atoms with van der Waals surface area (Å²) in [4.78, 5) is 24.2. The van der Waals surface area contributed by atoms with Crippen LogP contribution in [0.3, 0.4) is 0 Å². The number of ether oxygens (including phenoxy) is 1. The van der Waals surface area contributed by atoms with E-state index in [0.717, 1.165) is 27.8 Å². The van der Waals surface area contributed by atoms with E-state index >= 15 is 0 Å². The van der Waals surface area contributed by atoms with Crippen LogP contribution in [-0.4, -0.2) is 17.0 Å². The summed E-state index contributed by atoms with van der Waals surface area (Å²) in [5.74, 6) is -1.69. The summed E-state index contributed by atoms with van der Waals surface area (Å²) in [6, 6.07) is 30.3. The molecule has 4 nitrogen and oxygen atoms in total. The molecular formula is C27H20O4. The van der Waals surface area contributed by atoms with Gasteiger partial charge in [0, 0.05) is 18.1 Å². The van der Waals surface area contributed by atoms with Crippen molar-refractivity contribution in [2.45, 2.75) is 6.92 Å². The Morgan fingerprint density at radius 3 is 1.58 bits per heavy atom. The normalized spacial score (nSPS) is 10.5. The molecule has 0 aromatic heterocycles. The van der Waals surface area contributed by atoms with Crippen LogP contribution in [0.15, 0.2) is 97.1 Å². The van der Waals surface area contributed by atoms with Crippen LogP contribution >= 0.6 is 0 Å². The lowest BCUT2D eigenvalue weighted by Gasteiger charge is -2.21. The lowest BCUT2D eigenvalue weighted by atomic mass is 9.85. The van der Waals surface area contributed by atoms with Gasteiger partial charge < -0.3 is 9.84 Å². The Balaban J connectivity index is 2.21. The Morgan fingerprint density at radius 2 is 1.13 bits per heavy atom. The van der Waals surface area contributed by atoms with Crippen molar-refractivity contribution in [3.8, 4) is 39.1 Å². The van der Waals surface area contributed by atoms with Crippen molar-refractivity contribution in [3.05, 3.63) is 103 Å². The average Bonchev–Trinajstić information content (AvgIpc) is 2.79. The van der Waals surface area contributed by atoms with Gasteiger partial charge in [0.05, 0.1) is 0 Å². The fourth-order valence-electron chi connectivity index (χ4n) is 3.70. The second kappa shape index (κ2) is 8.67. The third kappa shape index (κ3) is 4.09. The summed E-state index contributed by atoms with van der Waals surface area (Å²) in [5, 5.41) is 9.99. The highest BCUT2D eigenvalue weighted by atomic mass is 16.5. The van der Waals surface area contributed by atoms with Gasteiger partial charge in [-0.3, -0.25) is 4.79 Å². The van der Waals surface area contributed by atoms with Crippen LogP contribution in [0.4, 0.5) is 0 Å². The van der Waals surface area contributed by atoms with E-state index in [2.05, 4.69) is 0 Å². The number of aromatic carboxylic acids is 1. The Kier molecular flexibility index (Phi) is 5.63. The molecule has 0 aliphatic carbocycles. The minimum absolute atomic E-state index is 0.0461. The molecule has 0 aliphatic rings. The van der Waals surface area contributed by atoms with Crippen molar-refractivity contribution in [2.24, 2.45) is 0 Å². The number of rotatable bonds is 5. The van der Waals surface area contributed by atoms with Gasteiger partial charge in [-0.2, -0.15) is 0 Å². The highest BCUT2D eigenvalue weighted by Crippen LogP contribution is 2.47. The van der Waals surface area contributed by atoms with Crippen LogP contribution in [0.5, 0.6) is 5.75 Å². The molecule has 0 radical (unpaired) electrons. The number of carboxylic acids is 1. The van der Waals surface area contributed by atoms with Crippen LogP contribution in [0, 0.1) is 0 Å². The molecule has 0 fully saturated rings. The third-order valence-electron chi connectivity index (χ3n) is 4.97. The van der Waals surface area contributed by atoms with Crippen LogP contribution in [0.25, 0.3) is 33.4 Å². The summed E-state index contributed by atoms with van der Waals surface area (Å²) in [6.45, 7) is 1.27. The van der Waals surface area contributed by atoms with E-state index in [-0.39, 0.29) is 11.3 Å². The zero-order valence-electron chi connectivity index (χ0n) is 16.9. The first-order valence-electron chi connectivity index (χ1n) is 9.85. The Morgan fingerprint density at radius 1 is 0.677 bits per heavy atom. The minimum atomic E-state index is -1.16. The minimum Gasteiger partial charge on any atom is -0.478 e. The van der Waals surface area contributed by atoms with Gasteiger partial charge in [-0.25, -0.2) is 4.79 Å². The molecule has 4 aromatic carbocycles. The van der Waals surface area contributed by atoms with E-state index in [1.807, 2.05) is 91.0 Å². The molecule has 1 N–H and O–H groups in total. The van der Waals surface area contributed by atoms with Crippen molar-refractivity contribution in [3.63, 3.8) is 0 Å². The van der Waals surface area contributed by atoms with E-state index in [1.54, 1.807) is 6.07 Å². The maximum atomic E-state index is 12.2. The summed E-state index contributed by atoms with van der Waals surface area (Å²) in [5.41, 5.74) is 4.59. The van der Waals surface area contributed by atoms with Crippen LogP contribution in [-0.2, 0) is 4.79 Å². The number of hydrogen-bond donors (Lipinski definition) is 1. The van der Waals surface area contributed by atoms with E-state index in [1.165, 1.54) is 6.92 Å². The number of carboxylic acid groups (broad SMARTS) is 1. The molecule has 4 aromatic rings. The molecule has 0 bridgehead atoms. The molecule has 4 rings (SSSR count). The zero-order chi connectivity index (χ0) is 21.8. The van der Waals surface area contributed by atoms with Crippen molar-refractivity contribution in [1.29, 1.82) is 0 Å². The van der Waals surface area contributed by atoms with Crippen molar-refractivity contribution < 1.29 is 19.4 Å². The fourth-order valence-corrected chi connectivity index (χ4v) is 3.70. The molecule has 0 spiro atoms. The van der Waals surface area contributed by atoms with Gasteiger partial charge in [0.1, 0.15) is 5.56 Å². The molecule has 0 amide bonds. The van der Waals surface area contributed by atoms with Gasteiger partial charge in [-0.05, 0) is 28.3 Å². The molecule has 0 aliphatic heterocycles. The smallest absolute Gasteiger partial charge is 0.339 e. The quantitative estimate of drug-likeness (QED) is 0.310. The Bertz CT molecular complexity index is 1230. The SMILES string of the molecule is CC(=O)Oc1c(C(=O)O)cc(-c2ccccc2)c(-c2ccccc2)c1-c1ccccc1. The number of carbonyl (C=O) groups excluding carboxylic acids is 1. The van der Waals surface area contributed by atoms with E-state index < -0.39 is 11.9 Å². The highest BCUT2D eigenvalue weighted by Gasteiger charge is 2.26. The first-order chi connectivity index (χ1) is 15.1. The lowest BCUT2D eigenvalue weighted by Crippen LogP contribution is -2.10. The van der Waals surface area contributed by atoms with Crippen LogP contribution < -0.4 is 4.74 Å². The average molecular weight is 408 g/mol. The number of benzene rings is 4. The van der Waals surface area contributed by atoms with Gasteiger partial charge in [0.15, 0.2) is 5.75 Å². The topological polar surface area (TPSA) is 63.6 Å². The maximum Gasteiger partial charge on any atom is 0.339 e. The Labute approximate surface area is 180 Å². The first-order valence-corrected chi connectivity index (χ1v) is 9.85. The standard InChI is InChI=1S/C27H20O4/c1-18(28)31-26-23(27(29)30)17-22(19-11-5-2-6-12-19)24(20-13-7-3-8-14-20)25(26)21-15-9-4-10-16-21/h2-17H,1H3,(H,29,30). The van der Waals surface area contributed by atoms with E-state index in [0.29, 0.717) is 5.56 Å². The zero-order valence-corrected chi connectivity index (χ0v) is 16.9. The molecule has 0 unspecified atom stereocenters. The highest BCUT2D eigenvalue weighted by molar-refractivity contribution is 6.05. The fraction of sp³-hybridized carbons (Fsp3) is 0.0370. The molecule has 0 heterocycles. The van der Waals surface area contributed by atoms with Crippen molar-refractivity contribution in [2.75, 3.05) is 0 Å². The first kappa shape index (κ1) is 20.1. The molecule has 0 atom stereocenters. The van der Waals surface area contributed by atoms with Crippen molar-refractivity contribution >= 4 is 11.9 Å². The molecule has 0 saturated carbocycles. The number of esters is 1. The molecule has 152 valence electrons. The van der Waals surface area contributed by atoms with Crippen molar-refractivity contribution in [1.82, 2.24) is 0 Å². The van der Waals surface area contributed by atoms with Crippen LogP contribution in [0.2, 0.25) is 0 Å². The predicted octanol–water partition coefficient (Wildman–Crippen LogP) is 6.31. The molecular weight excluding hydrogens is 388 g/mol.